The third-order valence-electron chi connectivity index (χ3n) is 1.97. The number of halogens is 1. The van der Waals surface area contributed by atoms with Crippen LogP contribution in [0, 0.1) is 6.92 Å². The highest BCUT2D eigenvalue weighted by Crippen LogP contribution is 2.26. The summed E-state index contributed by atoms with van der Waals surface area (Å²) >= 11 is 5.73. The van der Waals surface area contributed by atoms with Crippen LogP contribution in [0.2, 0.25) is 5.02 Å². The van der Waals surface area contributed by atoms with Crippen LogP contribution in [0.4, 0.5) is 0 Å². The second-order valence-electron chi connectivity index (χ2n) is 3.17. The maximum Gasteiger partial charge on any atom is 0.379 e. The molecule has 0 bridgehead atoms. The van der Waals surface area contributed by atoms with Crippen LogP contribution in [0.1, 0.15) is 22.8 Å². The standard InChI is InChI=1S/C11H11ClO4/c1-3-16-11(15)10(14)8-5-7(12)4-6(2)9(8)13/h4-5,13H,3H2,1-2H3. The van der Waals surface area contributed by atoms with E-state index in [1.807, 2.05) is 0 Å². The molecule has 0 aliphatic heterocycles. The third kappa shape index (κ3) is 2.52. The van der Waals surface area contributed by atoms with Gasteiger partial charge in [0.05, 0.1) is 12.2 Å². The monoisotopic (exact) mass is 242 g/mol. The van der Waals surface area contributed by atoms with Crippen molar-refractivity contribution in [2.24, 2.45) is 0 Å². The Morgan fingerprint density at radius 3 is 2.62 bits per heavy atom. The van der Waals surface area contributed by atoms with Gasteiger partial charge in [-0.1, -0.05) is 11.6 Å². The summed E-state index contributed by atoms with van der Waals surface area (Å²) in [6.45, 7) is 3.28. The highest BCUT2D eigenvalue weighted by Gasteiger charge is 2.22. The van der Waals surface area contributed by atoms with E-state index in [1.165, 1.54) is 12.1 Å². The molecule has 0 saturated carbocycles. The lowest BCUT2D eigenvalue weighted by molar-refractivity contribution is -0.137. The fraction of sp³-hybridized carbons (Fsp3) is 0.273. The number of aryl methyl sites for hydroxylation is 1. The van der Waals surface area contributed by atoms with Crippen molar-refractivity contribution in [1.29, 1.82) is 0 Å². The van der Waals surface area contributed by atoms with Crippen molar-refractivity contribution < 1.29 is 19.4 Å². The third-order valence-corrected chi connectivity index (χ3v) is 2.19. The lowest BCUT2D eigenvalue weighted by Crippen LogP contribution is -2.17. The number of carbonyl (C=O) groups is 2. The predicted octanol–water partition coefficient (Wildman–Crippen LogP) is 2.10. The van der Waals surface area contributed by atoms with Gasteiger partial charge in [0.2, 0.25) is 0 Å². The topological polar surface area (TPSA) is 63.6 Å². The molecule has 1 aromatic rings. The summed E-state index contributed by atoms with van der Waals surface area (Å²) in [7, 11) is 0. The highest BCUT2D eigenvalue weighted by molar-refractivity contribution is 6.42. The molecule has 0 aliphatic carbocycles. The molecule has 1 N–H and O–H groups in total. The number of aromatic hydroxyl groups is 1. The van der Waals surface area contributed by atoms with Crippen molar-refractivity contribution in [2.75, 3.05) is 6.61 Å². The summed E-state index contributed by atoms with van der Waals surface area (Å²) in [6.07, 6.45) is 0. The zero-order valence-corrected chi connectivity index (χ0v) is 9.67. The lowest BCUT2D eigenvalue weighted by atomic mass is 10.1. The van der Waals surface area contributed by atoms with Crippen LogP contribution in [0.25, 0.3) is 0 Å². The molecule has 0 spiro atoms. The van der Waals surface area contributed by atoms with Crippen molar-refractivity contribution in [3.05, 3.63) is 28.3 Å². The molecule has 86 valence electrons. The second-order valence-corrected chi connectivity index (χ2v) is 3.60. The quantitative estimate of drug-likeness (QED) is 0.501. The second kappa shape index (κ2) is 4.99. The summed E-state index contributed by atoms with van der Waals surface area (Å²) in [5.74, 6) is -2.15. The van der Waals surface area contributed by atoms with Crippen LogP contribution in [0.15, 0.2) is 12.1 Å². The molecule has 0 atom stereocenters. The number of ketones is 1. The number of Topliss-reactive ketones (excluding diaryl/α,β-unsaturated/α-hetero) is 1. The zero-order chi connectivity index (χ0) is 12.3. The van der Waals surface area contributed by atoms with Gasteiger partial charge in [0, 0.05) is 5.02 Å². The molecule has 0 fully saturated rings. The molecule has 0 heterocycles. The molecule has 5 heteroatoms. The van der Waals surface area contributed by atoms with Crippen LogP contribution in [0.5, 0.6) is 5.75 Å². The minimum Gasteiger partial charge on any atom is -0.507 e. The highest BCUT2D eigenvalue weighted by atomic mass is 35.5. The Kier molecular flexibility index (Phi) is 3.90. The molecule has 4 nitrogen and oxygen atoms in total. The van der Waals surface area contributed by atoms with Crippen molar-refractivity contribution in [2.45, 2.75) is 13.8 Å². The Hall–Kier alpha value is -1.55. The minimum atomic E-state index is -1.00. The van der Waals surface area contributed by atoms with Gasteiger partial charge in [-0.25, -0.2) is 4.79 Å². The Balaban J connectivity index is 3.13. The first-order chi connectivity index (χ1) is 7.47. The number of ether oxygens (including phenoxy) is 1. The minimum absolute atomic E-state index is 0.102. The van der Waals surface area contributed by atoms with Gasteiger partial charge in [-0.3, -0.25) is 4.79 Å². The molecule has 0 radical (unpaired) electrons. The fourth-order valence-electron chi connectivity index (χ4n) is 1.22. The molecule has 0 aliphatic rings. The van der Waals surface area contributed by atoms with Gasteiger partial charge in [0.15, 0.2) is 0 Å². The molecule has 0 saturated heterocycles. The first kappa shape index (κ1) is 12.5. The Bertz CT molecular complexity index is 440. The van der Waals surface area contributed by atoms with Gasteiger partial charge in [-0.15, -0.1) is 0 Å². The molecular formula is C11H11ClO4. The van der Waals surface area contributed by atoms with E-state index in [0.29, 0.717) is 5.56 Å². The number of carbonyl (C=O) groups excluding carboxylic acids is 2. The summed E-state index contributed by atoms with van der Waals surface area (Å²) in [5, 5.41) is 9.90. The number of esters is 1. The molecule has 16 heavy (non-hydrogen) atoms. The van der Waals surface area contributed by atoms with Crippen LogP contribution in [0.3, 0.4) is 0 Å². The van der Waals surface area contributed by atoms with Crippen molar-refractivity contribution >= 4 is 23.4 Å². The van der Waals surface area contributed by atoms with E-state index in [2.05, 4.69) is 4.74 Å². The first-order valence-electron chi connectivity index (χ1n) is 4.68. The maximum atomic E-state index is 11.6. The van der Waals surface area contributed by atoms with E-state index in [0.717, 1.165) is 0 Å². The van der Waals surface area contributed by atoms with E-state index in [1.54, 1.807) is 13.8 Å². The normalized spacial score (nSPS) is 9.94. The molecule has 0 aromatic heterocycles. The van der Waals surface area contributed by atoms with Crippen LogP contribution in [-0.2, 0) is 9.53 Å². The number of rotatable bonds is 3. The molecule has 1 aromatic carbocycles. The van der Waals surface area contributed by atoms with Gasteiger partial charge in [-0.05, 0) is 31.5 Å². The van der Waals surface area contributed by atoms with E-state index >= 15 is 0 Å². The SMILES string of the molecule is CCOC(=O)C(=O)c1cc(Cl)cc(C)c1O. The van der Waals surface area contributed by atoms with E-state index in [9.17, 15) is 14.7 Å². The Morgan fingerprint density at radius 1 is 1.44 bits per heavy atom. The van der Waals surface area contributed by atoms with Gasteiger partial charge in [0.25, 0.3) is 5.78 Å². The molecule has 0 amide bonds. The summed E-state index contributed by atoms with van der Waals surface area (Å²) in [6, 6.07) is 2.74. The van der Waals surface area contributed by atoms with Crippen molar-refractivity contribution in [1.82, 2.24) is 0 Å². The van der Waals surface area contributed by atoms with Crippen LogP contribution in [-0.4, -0.2) is 23.5 Å². The van der Waals surface area contributed by atoms with Crippen LogP contribution < -0.4 is 0 Å². The molecule has 0 unspecified atom stereocenters. The zero-order valence-electron chi connectivity index (χ0n) is 8.91. The first-order valence-corrected chi connectivity index (χ1v) is 5.05. The fourth-order valence-corrected chi connectivity index (χ4v) is 1.49. The number of hydrogen-bond donors (Lipinski definition) is 1. The van der Waals surface area contributed by atoms with Gasteiger partial charge >= 0.3 is 5.97 Å². The summed E-state index contributed by atoms with van der Waals surface area (Å²) < 4.78 is 4.55. The maximum absolute atomic E-state index is 11.6. The average Bonchev–Trinajstić information content (AvgIpc) is 2.22. The van der Waals surface area contributed by atoms with E-state index in [4.69, 9.17) is 11.6 Å². The van der Waals surface area contributed by atoms with E-state index < -0.39 is 11.8 Å². The number of hydrogen-bond acceptors (Lipinski definition) is 4. The summed E-state index contributed by atoms with van der Waals surface area (Å²) in [5.41, 5.74) is 0.295. The van der Waals surface area contributed by atoms with Crippen molar-refractivity contribution in [3.63, 3.8) is 0 Å². The molecular weight excluding hydrogens is 232 g/mol. The van der Waals surface area contributed by atoms with Gasteiger partial charge in [-0.2, -0.15) is 0 Å². The van der Waals surface area contributed by atoms with Crippen molar-refractivity contribution in [3.8, 4) is 5.75 Å². The van der Waals surface area contributed by atoms with Crippen LogP contribution >= 0.6 is 11.6 Å². The van der Waals surface area contributed by atoms with E-state index in [-0.39, 0.29) is 22.9 Å². The lowest BCUT2D eigenvalue weighted by Gasteiger charge is -2.06. The predicted molar refractivity (Wildman–Crippen MR) is 58.8 cm³/mol. The number of phenolic OH excluding ortho intramolecular Hbond substituents is 1. The largest absolute Gasteiger partial charge is 0.507 e. The molecule has 1 rings (SSSR count). The van der Waals surface area contributed by atoms with Gasteiger partial charge in [0.1, 0.15) is 5.75 Å². The Labute approximate surface area is 97.8 Å². The average molecular weight is 243 g/mol. The number of benzene rings is 1. The Morgan fingerprint density at radius 2 is 2.06 bits per heavy atom. The summed E-state index contributed by atoms with van der Waals surface area (Å²) in [4.78, 5) is 22.8. The number of phenols is 1. The van der Waals surface area contributed by atoms with Gasteiger partial charge < -0.3 is 9.84 Å². The smallest absolute Gasteiger partial charge is 0.379 e.